The zero-order valence-corrected chi connectivity index (χ0v) is 24.1. The Bertz CT molecular complexity index is 845. The highest BCUT2D eigenvalue weighted by Crippen LogP contribution is 2.40. The minimum Gasteiger partial charge on any atom is -0.504 e. The van der Waals surface area contributed by atoms with Gasteiger partial charge in [-0.05, 0) is 55.5 Å². The molecule has 210 valence electrons. The Hall–Kier alpha value is -0.940. The van der Waals surface area contributed by atoms with Crippen LogP contribution in [-0.2, 0) is 4.79 Å². The van der Waals surface area contributed by atoms with Crippen molar-refractivity contribution in [3.05, 3.63) is 35.9 Å². The first-order chi connectivity index (χ1) is 17.8. The average molecular weight is 576 g/mol. The molecule has 1 aliphatic carbocycles. The van der Waals surface area contributed by atoms with E-state index in [1.165, 1.54) is 23.9 Å². The normalized spacial score (nSPS) is 23.4. The summed E-state index contributed by atoms with van der Waals surface area (Å²) in [4.78, 5) is 12.2. The van der Waals surface area contributed by atoms with Crippen molar-refractivity contribution in [2.45, 2.75) is 74.4 Å². The molecule has 5 N–H and O–H groups in total. The summed E-state index contributed by atoms with van der Waals surface area (Å²) in [6.45, 7) is 2.48. The van der Waals surface area contributed by atoms with E-state index in [1.54, 1.807) is 24.9 Å². The maximum Gasteiger partial charge on any atom is 0.321 e. The molecule has 0 spiro atoms. The molecule has 1 fully saturated rings. The number of hydrogen-bond donors (Lipinski definition) is 5. The molecule has 2 rings (SSSR count). The summed E-state index contributed by atoms with van der Waals surface area (Å²) in [7, 11) is 1.72. The van der Waals surface area contributed by atoms with Crippen LogP contribution in [0.25, 0.3) is 0 Å². The van der Waals surface area contributed by atoms with Gasteiger partial charge in [0.1, 0.15) is 0 Å². The van der Waals surface area contributed by atoms with Gasteiger partial charge >= 0.3 is 5.97 Å². The number of carbonyl (C=O) groups excluding carboxylic acids is 1. The van der Waals surface area contributed by atoms with Gasteiger partial charge in [0.05, 0.1) is 24.1 Å². The largest absolute Gasteiger partial charge is 0.504 e. The second-order valence-corrected chi connectivity index (χ2v) is 12.3. The lowest BCUT2D eigenvalue weighted by molar-refractivity contribution is -0.131. The predicted molar refractivity (Wildman–Crippen MR) is 154 cm³/mol. The van der Waals surface area contributed by atoms with Crippen molar-refractivity contribution in [1.82, 2.24) is 5.32 Å². The molecule has 37 heavy (non-hydrogen) atoms. The fourth-order valence-electron chi connectivity index (χ4n) is 4.22. The number of aliphatic hydroxyl groups excluding tert-OH is 3. The highest BCUT2D eigenvalue weighted by molar-refractivity contribution is 8.00. The van der Waals surface area contributed by atoms with Crippen LogP contribution in [0.15, 0.2) is 30.4 Å². The van der Waals surface area contributed by atoms with E-state index in [2.05, 4.69) is 12.2 Å². The predicted octanol–water partition coefficient (Wildman–Crippen LogP) is 4.26. The zero-order valence-electron chi connectivity index (χ0n) is 21.7. The van der Waals surface area contributed by atoms with Crippen molar-refractivity contribution >= 4 is 41.1 Å². The van der Waals surface area contributed by atoms with E-state index in [0.29, 0.717) is 18.5 Å². The Morgan fingerprint density at radius 3 is 2.76 bits per heavy atom. The summed E-state index contributed by atoms with van der Waals surface area (Å²) in [5.74, 6) is 1.15. The number of aromatic hydroxyl groups is 1. The molecule has 6 atom stereocenters. The van der Waals surface area contributed by atoms with Gasteiger partial charge in [0.25, 0.3) is 0 Å². The molecule has 0 amide bonds. The number of benzene rings is 1. The van der Waals surface area contributed by atoms with E-state index < -0.39 is 24.3 Å². The number of halogens is 1. The molecule has 4 unspecified atom stereocenters. The number of nitrogens with one attached hydrogen (secondary N) is 1. The number of carbonyl (C=O) groups is 1. The maximum atomic E-state index is 12.2. The Morgan fingerprint density at radius 2 is 2.05 bits per heavy atom. The molecule has 0 aromatic heterocycles. The number of likely N-dealkylation sites (N-methyl/N-ethyl adjacent to an activating group) is 1. The fraction of sp³-hybridized carbons (Fsp3) is 0.667. The van der Waals surface area contributed by atoms with Crippen LogP contribution < -0.4 is 10.1 Å². The number of thioether (sulfide) groups is 2. The van der Waals surface area contributed by atoms with Gasteiger partial charge in [0.2, 0.25) is 0 Å². The topological polar surface area (TPSA) is 119 Å². The number of phenolic OH excluding ortho intramolecular Hbond substituents is 1. The summed E-state index contributed by atoms with van der Waals surface area (Å²) in [5.41, 5.74) is 0.536. The standard InChI is InChI=1S/C27H42ClNO6S2/c1-3-4-5-7-19(30)9-10-20-22(31)15-21(28)27(20)37-13-6-12-36-17-26(34)35-25-11-8-18(14-23(25)32)24(33)16-29-2/h8-11,14,19-22,24,27,29-33H,3-7,12-13,15-17H2,1-2H3/t19?,20-,21?,22?,24?,27+/m0/s1. The Labute approximate surface area is 234 Å². The molecule has 1 aliphatic rings. The van der Waals surface area contributed by atoms with Gasteiger partial charge in [-0.2, -0.15) is 23.5 Å². The van der Waals surface area contributed by atoms with Gasteiger partial charge in [-0.1, -0.05) is 44.4 Å². The molecule has 0 saturated heterocycles. The molecule has 0 radical (unpaired) electrons. The summed E-state index contributed by atoms with van der Waals surface area (Å²) >= 11 is 9.72. The third kappa shape index (κ3) is 11.4. The van der Waals surface area contributed by atoms with Crippen LogP contribution in [-0.4, -0.2) is 80.1 Å². The number of aliphatic hydroxyl groups is 3. The molecule has 1 aromatic carbocycles. The molecule has 0 heterocycles. The molecule has 0 aliphatic heterocycles. The lowest BCUT2D eigenvalue weighted by Gasteiger charge is -2.20. The highest BCUT2D eigenvalue weighted by atomic mass is 35.5. The second kappa shape index (κ2) is 17.6. The van der Waals surface area contributed by atoms with Gasteiger partial charge in [-0.15, -0.1) is 11.6 Å². The molecule has 7 nitrogen and oxygen atoms in total. The van der Waals surface area contributed by atoms with Crippen LogP contribution in [0.2, 0.25) is 0 Å². The SMILES string of the molecule is CCCCCC(O)C=C[C@H]1C(O)CC(Cl)[C@@H]1SCCCSCC(=O)Oc1ccc(C(O)CNC)cc1O. The van der Waals surface area contributed by atoms with Crippen LogP contribution >= 0.6 is 35.1 Å². The highest BCUT2D eigenvalue weighted by Gasteiger charge is 2.40. The van der Waals surface area contributed by atoms with Gasteiger partial charge in [-0.3, -0.25) is 4.79 Å². The maximum absolute atomic E-state index is 12.2. The monoisotopic (exact) mass is 575 g/mol. The molecule has 10 heteroatoms. The Balaban J connectivity index is 1.69. The van der Waals surface area contributed by atoms with E-state index in [4.69, 9.17) is 16.3 Å². The number of hydrogen-bond acceptors (Lipinski definition) is 9. The zero-order chi connectivity index (χ0) is 27.2. The van der Waals surface area contributed by atoms with Crippen LogP contribution in [0, 0.1) is 5.92 Å². The lowest BCUT2D eigenvalue weighted by Crippen LogP contribution is -2.22. The number of rotatable bonds is 17. The van der Waals surface area contributed by atoms with Crippen LogP contribution in [0.1, 0.15) is 57.1 Å². The number of unbranched alkanes of at least 4 members (excludes halogenated alkanes) is 2. The molecule has 0 bridgehead atoms. The van der Waals surface area contributed by atoms with Crippen molar-refractivity contribution < 1.29 is 30.0 Å². The number of ether oxygens (including phenoxy) is 1. The van der Waals surface area contributed by atoms with Crippen molar-refractivity contribution in [2.75, 3.05) is 30.9 Å². The van der Waals surface area contributed by atoms with Crippen molar-refractivity contribution in [2.24, 2.45) is 5.92 Å². The summed E-state index contributed by atoms with van der Waals surface area (Å²) < 4.78 is 5.26. The van der Waals surface area contributed by atoms with E-state index in [9.17, 15) is 25.2 Å². The summed E-state index contributed by atoms with van der Waals surface area (Å²) in [6, 6.07) is 4.50. The molecular weight excluding hydrogens is 534 g/mol. The van der Waals surface area contributed by atoms with Gasteiger partial charge in [0, 0.05) is 23.1 Å². The van der Waals surface area contributed by atoms with Crippen molar-refractivity contribution in [3.8, 4) is 11.5 Å². The summed E-state index contributed by atoms with van der Waals surface area (Å²) in [6.07, 6.45) is 7.37. The number of esters is 1. The Morgan fingerprint density at radius 1 is 1.27 bits per heavy atom. The molecule has 1 aromatic rings. The quantitative estimate of drug-likeness (QED) is 0.0610. The van der Waals surface area contributed by atoms with Crippen molar-refractivity contribution in [1.29, 1.82) is 0 Å². The molecular formula is C27H42ClNO6S2. The minimum atomic E-state index is -0.760. The van der Waals surface area contributed by atoms with E-state index >= 15 is 0 Å². The van der Waals surface area contributed by atoms with E-state index in [-0.39, 0.29) is 33.8 Å². The minimum absolute atomic E-state index is 0.0732. The van der Waals surface area contributed by atoms with Crippen LogP contribution in [0.3, 0.4) is 0 Å². The van der Waals surface area contributed by atoms with Gasteiger partial charge < -0.3 is 30.5 Å². The third-order valence-corrected chi connectivity index (χ3v) is 9.43. The number of alkyl halides is 1. The number of phenols is 1. The summed E-state index contributed by atoms with van der Waals surface area (Å²) in [5, 5.41) is 43.5. The van der Waals surface area contributed by atoms with Crippen molar-refractivity contribution in [3.63, 3.8) is 0 Å². The van der Waals surface area contributed by atoms with Gasteiger partial charge in [0.15, 0.2) is 11.5 Å². The second-order valence-electron chi connectivity index (χ2n) is 9.36. The smallest absolute Gasteiger partial charge is 0.321 e. The fourth-order valence-corrected chi connectivity index (χ4v) is 7.09. The third-order valence-electron chi connectivity index (χ3n) is 6.26. The van der Waals surface area contributed by atoms with E-state index in [1.807, 2.05) is 12.2 Å². The average Bonchev–Trinajstić information content (AvgIpc) is 3.13. The molecule has 1 saturated carbocycles. The first-order valence-corrected chi connectivity index (χ1v) is 15.6. The van der Waals surface area contributed by atoms with E-state index in [0.717, 1.165) is 43.6 Å². The Kier molecular flexibility index (Phi) is 15.4. The van der Waals surface area contributed by atoms with Crippen LogP contribution in [0.4, 0.5) is 0 Å². The lowest BCUT2D eigenvalue weighted by atomic mass is 10.0. The van der Waals surface area contributed by atoms with Gasteiger partial charge in [-0.25, -0.2) is 0 Å². The first-order valence-electron chi connectivity index (χ1n) is 13.0. The van der Waals surface area contributed by atoms with Crippen LogP contribution in [0.5, 0.6) is 11.5 Å². The first kappa shape index (κ1) is 32.3.